The molecule has 1 fully saturated rings. The fourth-order valence-electron chi connectivity index (χ4n) is 2.88. The summed E-state index contributed by atoms with van der Waals surface area (Å²) in [6.45, 7) is 11.7. The first kappa shape index (κ1) is 16.0. The molecule has 116 valence electrons. The van der Waals surface area contributed by atoms with Crippen molar-refractivity contribution in [1.82, 2.24) is 5.32 Å². The van der Waals surface area contributed by atoms with E-state index in [1.165, 1.54) is 11.1 Å². The molecule has 1 aromatic carbocycles. The van der Waals surface area contributed by atoms with Crippen molar-refractivity contribution in [2.75, 3.05) is 11.9 Å². The average Bonchev–Trinajstić information content (AvgIpc) is 2.87. The van der Waals surface area contributed by atoms with E-state index in [0.29, 0.717) is 11.8 Å². The van der Waals surface area contributed by atoms with Crippen molar-refractivity contribution in [3.63, 3.8) is 0 Å². The lowest BCUT2D eigenvalue weighted by atomic mass is 9.93. The topological polar surface area (TPSA) is 41.1 Å². The van der Waals surface area contributed by atoms with Gasteiger partial charge < -0.3 is 10.6 Å². The SMILES string of the molecule is CC(C)c1ccc(NC(=O)C2(C)CCCN2)c(C(C)C)c1. The van der Waals surface area contributed by atoms with Gasteiger partial charge in [-0.05, 0) is 55.3 Å². The van der Waals surface area contributed by atoms with Crippen LogP contribution in [0.4, 0.5) is 5.69 Å². The van der Waals surface area contributed by atoms with E-state index in [4.69, 9.17) is 0 Å². The number of anilines is 1. The number of carbonyl (C=O) groups excluding carboxylic acids is 1. The van der Waals surface area contributed by atoms with Crippen molar-refractivity contribution in [3.05, 3.63) is 29.3 Å². The predicted molar refractivity (Wildman–Crippen MR) is 88.9 cm³/mol. The van der Waals surface area contributed by atoms with Crippen molar-refractivity contribution < 1.29 is 4.79 Å². The van der Waals surface area contributed by atoms with Gasteiger partial charge in [-0.2, -0.15) is 0 Å². The minimum absolute atomic E-state index is 0.0826. The molecule has 1 saturated heterocycles. The second-order valence-electron chi connectivity index (χ2n) is 6.97. The summed E-state index contributed by atoms with van der Waals surface area (Å²) in [7, 11) is 0. The van der Waals surface area contributed by atoms with E-state index in [-0.39, 0.29) is 5.91 Å². The van der Waals surface area contributed by atoms with Gasteiger partial charge in [-0.25, -0.2) is 0 Å². The lowest BCUT2D eigenvalue weighted by Gasteiger charge is -2.25. The van der Waals surface area contributed by atoms with Crippen LogP contribution in [-0.2, 0) is 4.79 Å². The van der Waals surface area contributed by atoms with E-state index in [0.717, 1.165) is 25.1 Å². The van der Waals surface area contributed by atoms with Crippen molar-refractivity contribution >= 4 is 11.6 Å². The van der Waals surface area contributed by atoms with Crippen LogP contribution in [0.3, 0.4) is 0 Å². The molecule has 0 aliphatic carbocycles. The molecule has 1 aliphatic rings. The van der Waals surface area contributed by atoms with E-state index in [1.54, 1.807) is 0 Å². The lowest BCUT2D eigenvalue weighted by Crippen LogP contribution is -2.48. The van der Waals surface area contributed by atoms with E-state index in [1.807, 2.05) is 6.92 Å². The average molecular weight is 288 g/mol. The molecule has 0 bridgehead atoms. The highest BCUT2D eigenvalue weighted by Gasteiger charge is 2.36. The Kier molecular flexibility index (Phi) is 4.72. The summed E-state index contributed by atoms with van der Waals surface area (Å²) in [5.74, 6) is 0.976. The van der Waals surface area contributed by atoms with E-state index in [9.17, 15) is 4.79 Å². The third-order valence-corrected chi connectivity index (χ3v) is 4.48. The van der Waals surface area contributed by atoms with Gasteiger partial charge in [0.25, 0.3) is 0 Å². The van der Waals surface area contributed by atoms with Crippen LogP contribution in [0.25, 0.3) is 0 Å². The molecule has 0 spiro atoms. The quantitative estimate of drug-likeness (QED) is 0.878. The van der Waals surface area contributed by atoms with Gasteiger partial charge in [-0.3, -0.25) is 4.79 Å². The Morgan fingerprint density at radius 2 is 1.95 bits per heavy atom. The summed E-state index contributed by atoms with van der Waals surface area (Å²) in [5, 5.41) is 6.46. The molecule has 1 unspecified atom stereocenters. The molecule has 0 aromatic heterocycles. The van der Waals surface area contributed by atoms with Gasteiger partial charge in [0.15, 0.2) is 0 Å². The number of amides is 1. The van der Waals surface area contributed by atoms with Crippen LogP contribution in [0.5, 0.6) is 0 Å². The summed E-state index contributed by atoms with van der Waals surface area (Å²) < 4.78 is 0. The van der Waals surface area contributed by atoms with Crippen molar-refractivity contribution in [2.24, 2.45) is 0 Å². The fraction of sp³-hybridized carbons (Fsp3) is 0.611. The molecule has 2 N–H and O–H groups in total. The number of rotatable bonds is 4. The number of carbonyl (C=O) groups is 1. The Balaban J connectivity index is 2.25. The first-order valence-electron chi connectivity index (χ1n) is 8.04. The smallest absolute Gasteiger partial charge is 0.244 e. The number of hydrogen-bond donors (Lipinski definition) is 2. The molecule has 1 aliphatic heterocycles. The van der Waals surface area contributed by atoms with Gasteiger partial charge in [0, 0.05) is 5.69 Å². The molecule has 1 amide bonds. The molecule has 0 saturated carbocycles. The molecule has 2 rings (SSSR count). The second kappa shape index (κ2) is 6.18. The minimum atomic E-state index is -0.426. The molecular formula is C18H28N2O. The third kappa shape index (κ3) is 3.46. The van der Waals surface area contributed by atoms with Gasteiger partial charge in [-0.1, -0.05) is 39.8 Å². The zero-order valence-electron chi connectivity index (χ0n) is 13.9. The Bertz CT molecular complexity index is 514. The first-order valence-corrected chi connectivity index (χ1v) is 8.04. The Morgan fingerprint density at radius 3 is 2.48 bits per heavy atom. The second-order valence-corrected chi connectivity index (χ2v) is 6.97. The van der Waals surface area contributed by atoms with Crippen molar-refractivity contribution in [3.8, 4) is 0 Å². The number of nitrogens with one attached hydrogen (secondary N) is 2. The van der Waals surface area contributed by atoms with Gasteiger partial charge in [0.2, 0.25) is 5.91 Å². The monoisotopic (exact) mass is 288 g/mol. The molecule has 0 radical (unpaired) electrons. The maximum atomic E-state index is 12.6. The van der Waals surface area contributed by atoms with Crippen molar-refractivity contribution in [2.45, 2.75) is 64.8 Å². The van der Waals surface area contributed by atoms with Crippen LogP contribution in [0.1, 0.15) is 70.4 Å². The summed E-state index contributed by atoms with van der Waals surface area (Å²) in [6.07, 6.45) is 1.97. The molecular weight excluding hydrogens is 260 g/mol. The number of hydrogen-bond acceptors (Lipinski definition) is 2. The van der Waals surface area contributed by atoms with Gasteiger partial charge in [0.05, 0.1) is 5.54 Å². The molecule has 21 heavy (non-hydrogen) atoms. The van der Waals surface area contributed by atoms with Gasteiger partial charge in [-0.15, -0.1) is 0 Å². The molecule has 3 nitrogen and oxygen atoms in total. The van der Waals surface area contributed by atoms with Crippen LogP contribution < -0.4 is 10.6 Å². The normalized spacial score (nSPS) is 22.0. The summed E-state index contributed by atoms with van der Waals surface area (Å²) in [6, 6.07) is 6.41. The number of benzene rings is 1. The summed E-state index contributed by atoms with van der Waals surface area (Å²) in [4.78, 5) is 12.6. The van der Waals surface area contributed by atoms with Crippen LogP contribution in [-0.4, -0.2) is 18.0 Å². The molecule has 1 aromatic rings. The molecule has 3 heteroatoms. The Hall–Kier alpha value is -1.35. The summed E-state index contributed by atoms with van der Waals surface area (Å²) >= 11 is 0. The van der Waals surface area contributed by atoms with Gasteiger partial charge in [0.1, 0.15) is 0 Å². The highest BCUT2D eigenvalue weighted by molar-refractivity contribution is 5.98. The Morgan fingerprint density at radius 1 is 1.24 bits per heavy atom. The molecule has 1 heterocycles. The maximum Gasteiger partial charge on any atom is 0.244 e. The Labute approximate surface area is 128 Å². The highest BCUT2D eigenvalue weighted by atomic mass is 16.2. The maximum absolute atomic E-state index is 12.6. The summed E-state index contributed by atoms with van der Waals surface area (Å²) in [5.41, 5.74) is 3.07. The lowest BCUT2D eigenvalue weighted by molar-refractivity contribution is -0.121. The standard InChI is InChI=1S/C18H28N2O/c1-12(2)14-7-8-16(15(11-14)13(3)4)20-17(21)18(5)9-6-10-19-18/h7-8,11-13,19H,6,9-10H2,1-5H3,(H,20,21). The predicted octanol–water partition coefficient (Wildman–Crippen LogP) is 4.01. The fourth-order valence-corrected chi connectivity index (χ4v) is 2.88. The molecule has 1 atom stereocenters. The van der Waals surface area contributed by atoms with E-state index in [2.05, 4.69) is 56.5 Å². The van der Waals surface area contributed by atoms with E-state index >= 15 is 0 Å². The first-order chi connectivity index (χ1) is 9.83. The van der Waals surface area contributed by atoms with Crippen LogP contribution in [0, 0.1) is 0 Å². The van der Waals surface area contributed by atoms with Crippen LogP contribution >= 0.6 is 0 Å². The largest absolute Gasteiger partial charge is 0.324 e. The highest BCUT2D eigenvalue weighted by Crippen LogP contribution is 2.30. The van der Waals surface area contributed by atoms with Gasteiger partial charge >= 0.3 is 0 Å². The van der Waals surface area contributed by atoms with Crippen LogP contribution in [0.2, 0.25) is 0 Å². The third-order valence-electron chi connectivity index (χ3n) is 4.48. The minimum Gasteiger partial charge on any atom is -0.324 e. The zero-order valence-corrected chi connectivity index (χ0v) is 13.9. The van der Waals surface area contributed by atoms with Crippen LogP contribution in [0.15, 0.2) is 18.2 Å². The van der Waals surface area contributed by atoms with Crippen molar-refractivity contribution in [1.29, 1.82) is 0 Å². The zero-order chi connectivity index (χ0) is 15.6. The van der Waals surface area contributed by atoms with E-state index < -0.39 is 5.54 Å².